The summed E-state index contributed by atoms with van der Waals surface area (Å²) in [4.78, 5) is 22.9. The monoisotopic (exact) mass is 388 g/mol. The Morgan fingerprint density at radius 3 is 2.37 bits per heavy atom. The van der Waals surface area contributed by atoms with Crippen LogP contribution >= 0.6 is 31.9 Å². The van der Waals surface area contributed by atoms with E-state index in [0.717, 1.165) is 0 Å². The number of carbonyl (C=O) groups excluding carboxylic acids is 1. The molecule has 0 bridgehead atoms. The lowest BCUT2D eigenvalue weighted by Crippen LogP contribution is -2.40. The number of carbonyl (C=O) groups is 2. The minimum absolute atomic E-state index is 0.0689. The van der Waals surface area contributed by atoms with Crippen LogP contribution in [-0.2, 0) is 4.79 Å². The minimum Gasteiger partial charge on any atom is -0.480 e. The number of nitriles is 1. The molecule has 1 atom stereocenters. The van der Waals surface area contributed by atoms with Crippen LogP contribution < -0.4 is 5.32 Å². The summed E-state index contributed by atoms with van der Waals surface area (Å²) >= 11 is 6.50. The first-order valence-electron chi connectivity index (χ1n) is 5.30. The minimum atomic E-state index is -1.15. The SMILES string of the molecule is N#CCC[C@H](NC(=O)c1cc(Br)cc(Br)c1)C(=O)O. The molecule has 0 saturated carbocycles. The summed E-state index contributed by atoms with van der Waals surface area (Å²) in [5, 5.41) is 19.8. The van der Waals surface area contributed by atoms with Gasteiger partial charge in [0, 0.05) is 20.9 Å². The van der Waals surface area contributed by atoms with Crippen LogP contribution in [0.2, 0.25) is 0 Å². The molecule has 1 rings (SSSR count). The van der Waals surface area contributed by atoms with Crippen molar-refractivity contribution in [2.45, 2.75) is 18.9 Å². The summed E-state index contributed by atoms with van der Waals surface area (Å²) < 4.78 is 1.41. The van der Waals surface area contributed by atoms with E-state index in [9.17, 15) is 9.59 Å². The van der Waals surface area contributed by atoms with Gasteiger partial charge in [0.15, 0.2) is 0 Å². The van der Waals surface area contributed by atoms with Gasteiger partial charge in [-0.05, 0) is 24.6 Å². The number of benzene rings is 1. The maximum Gasteiger partial charge on any atom is 0.326 e. The van der Waals surface area contributed by atoms with Gasteiger partial charge in [0.2, 0.25) is 0 Å². The predicted molar refractivity (Wildman–Crippen MR) is 75.6 cm³/mol. The van der Waals surface area contributed by atoms with Gasteiger partial charge in [-0.3, -0.25) is 4.79 Å². The first-order valence-corrected chi connectivity index (χ1v) is 6.89. The molecule has 0 unspecified atom stereocenters. The van der Waals surface area contributed by atoms with E-state index in [1.165, 1.54) is 0 Å². The number of carboxylic acid groups (broad SMARTS) is 1. The molecule has 0 saturated heterocycles. The maximum atomic E-state index is 11.9. The van der Waals surface area contributed by atoms with Crippen molar-refractivity contribution < 1.29 is 14.7 Å². The number of hydrogen-bond donors (Lipinski definition) is 2. The molecule has 100 valence electrons. The molecule has 0 heterocycles. The van der Waals surface area contributed by atoms with Crippen molar-refractivity contribution in [3.63, 3.8) is 0 Å². The van der Waals surface area contributed by atoms with E-state index in [4.69, 9.17) is 10.4 Å². The summed E-state index contributed by atoms with van der Waals surface area (Å²) in [6.45, 7) is 0. The second-order valence-corrected chi connectivity index (χ2v) is 5.55. The third kappa shape index (κ3) is 5.01. The van der Waals surface area contributed by atoms with Crippen LogP contribution in [0.25, 0.3) is 0 Å². The first kappa shape index (κ1) is 15.7. The topological polar surface area (TPSA) is 90.2 Å². The van der Waals surface area contributed by atoms with Gasteiger partial charge >= 0.3 is 5.97 Å². The van der Waals surface area contributed by atoms with Gasteiger partial charge in [0.25, 0.3) is 5.91 Å². The van der Waals surface area contributed by atoms with Crippen LogP contribution in [-0.4, -0.2) is 23.0 Å². The Hall–Kier alpha value is -1.39. The number of rotatable bonds is 5. The number of aliphatic carboxylic acids is 1. The molecule has 19 heavy (non-hydrogen) atoms. The van der Waals surface area contributed by atoms with E-state index < -0.39 is 17.9 Å². The fraction of sp³-hybridized carbons (Fsp3) is 0.250. The molecule has 0 spiro atoms. The van der Waals surface area contributed by atoms with Gasteiger partial charge in [0.1, 0.15) is 6.04 Å². The van der Waals surface area contributed by atoms with Crippen molar-refractivity contribution in [1.29, 1.82) is 5.26 Å². The molecule has 7 heteroatoms. The van der Waals surface area contributed by atoms with Crippen molar-refractivity contribution in [3.8, 4) is 6.07 Å². The molecule has 1 aromatic rings. The number of halogens is 2. The van der Waals surface area contributed by atoms with Crippen LogP contribution in [0.1, 0.15) is 23.2 Å². The van der Waals surface area contributed by atoms with E-state index in [-0.39, 0.29) is 12.8 Å². The number of nitrogens with zero attached hydrogens (tertiary/aromatic N) is 1. The number of hydrogen-bond acceptors (Lipinski definition) is 3. The molecule has 0 aliphatic heterocycles. The molecule has 0 aromatic heterocycles. The first-order chi connectivity index (χ1) is 8.93. The smallest absolute Gasteiger partial charge is 0.326 e. The lowest BCUT2D eigenvalue weighted by Gasteiger charge is -2.13. The third-order valence-corrected chi connectivity index (χ3v) is 3.19. The summed E-state index contributed by atoms with van der Waals surface area (Å²) in [5.74, 6) is -1.65. The molecule has 0 aliphatic carbocycles. The lowest BCUT2D eigenvalue weighted by molar-refractivity contribution is -0.139. The summed E-state index contributed by atoms with van der Waals surface area (Å²) in [7, 11) is 0. The number of carboxylic acids is 1. The maximum absolute atomic E-state index is 11.9. The van der Waals surface area contributed by atoms with E-state index in [1.807, 2.05) is 6.07 Å². The normalized spacial score (nSPS) is 11.4. The Bertz CT molecular complexity index is 520. The highest BCUT2D eigenvalue weighted by Crippen LogP contribution is 2.20. The summed E-state index contributed by atoms with van der Waals surface area (Å²) in [5.41, 5.74) is 0.337. The van der Waals surface area contributed by atoms with Gasteiger partial charge in [-0.2, -0.15) is 5.26 Å². The number of amides is 1. The average molecular weight is 390 g/mol. The van der Waals surface area contributed by atoms with Crippen molar-refractivity contribution in [2.75, 3.05) is 0 Å². The van der Waals surface area contributed by atoms with Crippen LogP contribution in [0.5, 0.6) is 0 Å². The summed E-state index contributed by atoms with van der Waals surface area (Å²) in [6, 6.07) is 5.73. The van der Waals surface area contributed by atoms with Crippen molar-refractivity contribution in [3.05, 3.63) is 32.7 Å². The second kappa shape index (κ2) is 7.26. The van der Waals surface area contributed by atoms with E-state index in [0.29, 0.717) is 14.5 Å². The zero-order chi connectivity index (χ0) is 14.4. The molecule has 5 nitrogen and oxygen atoms in total. The molecule has 0 radical (unpaired) electrons. The number of nitrogens with one attached hydrogen (secondary N) is 1. The molecule has 1 amide bonds. The van der Waals surface area contributed by atoms with E-state index in [1.54, 1.807) is 18.2 Å². The quantitative estimate of drug-likeness (QED) is 0.809. The van der Waals surface area contributed by atoms with Gasteiger partial charge in [-0.25, -0.2) is 4.79 Å². The lowest BCUT2D eigenvalue weighted by atomic mass is 10.1. The average Bonchev–Trinajstić information content (AvgIpc) is 2.32. The third-order valence-electron chi connectivity index (χ3n) is 2.27. The largest absolute Gasteiger partial charge is 0.480 e. The van der Waals surface area contributed by atoms with E-state index in [2.05, 4.69) is 37.2 Å². The highest BCUT2D eigenvalue weighted by Gasteiger charge is 2.20. The van der Waals surface area contributed by atoms with Gasteiger partial charge < -0.3 is 10.4 Å². The predicted octanol–water partition coefficient (Wildman–Crippen LogP) is 2.70. The molecular weight excluding hydrogens is 380 g/mol. The molecular formula is C12H10Br2N2O3. The Morgan fingerprint density at radius 1 is 1.32 bits per heavy atom. The molecule has 0 aliphatic rings. The van der Waals surface area contributed by atoms with Crippen LogP contribution in [0.4, 0.5) is 0 Å². The Labute approximate surface area is 126 Å². The van der Waals surface area contributed by atoms with Crippen molar-refractivity contribution in [1.82, 2.24) is 5.32 Å². The van der Waals surface area contributed by atoms with Crippen molar-refractivity contribution >= 4 is 43.7 Å². The standard InChI is InChI=1S/C12H10Br2N2O3/c13-8-4-7(5-9(14)6-8)11(17)16-10(12(18)19)2-1-3-15/h4-6,10H,1-2H2,(H,16,17)(H,18,19)/t10-/m0/s1. The second-order valence-electron chi connectivity index (χ2n) is 3.72. The zero-order valence-corrected chi connectivity index (χ0v) is 12.9. The van der Waals surface area contributed by atoms with Crippen LogP contribution in [0.3, 0.4) is 0 Å². The molecule has 1 aromatic carbocycles. The Morgan fingerprint density at radius 2 is 1.89 bits per heavy atom. The Balaban J connectivity index is 2.82. The van der Waals surface area contributed by atoms with Gasteiger partial charge in [0.05, 0.1) is 6.07 Å². The molecule has 0 fully saturated rings. The van der Waals surface area contributed by atoms with Gasteiger partial charge in [-0.15, -0.1) is 0 Å². The Kier molecular flexibility index (Phi) is 5.99. The summed E-state index contributed by atoms with van der Waals surface area (Å²) in [6.07, 6.45) is 0.145. The highest BCUT2D eigenvalue weighted by molar-refractivity contribution is 9.11. The fourth-order valence-electron chi connectivity index (χ4n) is 1.39. The highest BCUT2D eigenvalue weighted by atomic mass is 79.9. The van der Waals surface area contributed by atoms with Crippen LogP contribution in [0, 0.1) is 11.3 Å². The van der Waals surface area contributed by atoms with Crippen molar-refractivity contribution in [2.24, 2.45) is 0 Å². The van der Waals surface area contributed by atoms with E-state index >= 15 is 0 Å². The molecule has 2 N–H and O–H groups in total. The fourth-order valence-corrected chi connectivity index (χ4v) is 2.69. The zero-order valence-electron chi connectivity index (χ0n) is 9.69. The van der Waals surface area contributed by atoms with Crippen LogP contribution in [0.15, 0.2) is 27.1 Å². The van der Waals surface area contributed by atoms with Gasteiger partial charge in [-0.1, -0.05) is 31.9 Å².